The summed E-state index contributed by atoms with van der Waals surface area (Å²) in [5.41, 5.74) is 2.20. The summed E-state index contributed by atoms with van der Waals surface area (Å²) >= 11 is 11.8. The van der Waals surface area contributed by atoms with Gasteiger partial charge in [-0.25, -0.2) is 0 Å². The molecule has 0 radical (unpaired) electrons. The molecule has 0 saturated heterocycles. The van der Waals surface area contributed by atoms with Gasteiger partial charge < -0.3 is 9.47 Å². The molecule has 108 valence electrons. The maximum absolute atomic E-state index is 6.68. The van der Waals surface area contributed by atoms with Crippen molar-refractivity contribution in [3.63, 3.8) is 0 Å². The maximum Gasteiger partial charge on any atom is 0.133 e. The molecule has 1 aromatic heterocycles. The number of hydrogen-bond acceptors (Lipinski definition) is 3. The average Bonchev–Trinajstić information content (AvgIpc) is 2.94. The number of ether oxygens (including phenoxy) is 2. The van der Waals surface area contributed by atoms with Crippen molar-refractivity contribution in [2.45, 2.75) is 18.7 Å². The zero-order valence-electron chi connectivity index (χ0n) is 11.6. The lowest BCUT2D eigenvalue weighted by Crippen LogP contribution is -1.99. The number of alkyl halides is 1. The van der Waals surface area contributed by atoms with Gasteiger partial charge in [-0.05, 0) is 51.5 Å². The molecule has 2 aromatic rings. The summed E-state index contributed by atoms with van der Waals surface area (Å²) in [5, 5.41) is 1.84. The molecule has 0 N–H and O–H groups in total. The number of aryl methyl sites for hydroxylation is 1. The van der Waals surface area contributed by atoms with Gasteiger partial charge in [0.15, 0.2) is 0 Å². The van der Waals surface area contributed by atoms with Crippen molar-refractivity contribution in [1.29, 1.82) is 0 Å². The summed E-state index contributed by atoms with van der Waals surface area (Å²) in [6, 6.07) is 5.94. The van der Waals surface area contributed by atoms with E-state index in [0.29, 0.717) is 0 Å². The second-order valence-electron chi connectivity index (χ2n) is 4.25. The van der Waals surface area contributed by atoms with E-state index in [1.807, 2.05) is 12.1 Å². The van der Waals surface area contributed by atoms with Crippen molar-refractivity contribution in [1.82, 2.24) is 0 Å². The summed E-state index contributed by atoms with van der Waals surface area (Å²) < 4.78 is 11.7. The lowest BCUT2D eigenvalue weighted by molar-refractivity contribution is 0.397. The van der Waals surface area contributed by atoms with E-state index in [1.165, 1.54) is 5.56 Å². The summed E-state index contributed by atoms with van der Waals surface area (Å²) in [4.78, 5) is 1.16. The van der Waals surface area contributed by atoms with Gasteiger partial charge in [0, 0.05) is 10.4 Å². The number of halogens is 2. The lowest BCUT2D eigenvalue weighted by Gasteiger charge is -2.16. The predicted molar refractivity (Wildman–Crippen MR) is 88.6 cm³/mol. The molecular formula is C15H16BrClO2S. The fraction of sp³-hybridized carbons (Fsp3) is 0.333. The van der Waals surface area contributed by atoms with Crippen LogP contribution in [0.5, 0.6) is 11.5 Å². The average molecular weight is 376 g/mol. The fourth-order valence-corrected chi connectivity index (χ4v) is 4.02. The Morgan fingerprint density at radius 1 is 1.25 bits per heavy atom. The van der Waals surface area contributed by atoms with Gasteiger partial charge in [-0.15, -0.1) is 22.9 Å². The minimum atomic E-state index is -0.234. The molecule has 0 aliphatic carbocycles. The van der Waals surface area contributed by atoms with E-state index in [0.717, 1.165) is 32.8 Å². The van der Waals surface area contributed by atoms with Crippen LogP contribution in [0.25, 0.3) is 0 Å². The Labute approximate surface area is 136 Å². The molecule has 2 nitrogen and oxygen atoms in total. The molecule has 20 heavy (non-hydrogen) atoms. The van der Waals surface area contributed by atoms with E-state index >= 15 is 0 Å². The number of hydrogen-bond donors (Lipinski definition) is 0. The zero-order chi connectivity index (χ0) is 14.7. The van der Waals surface area contributed by atoms with Gasteiger partial charge in [0.2, 0.25) is 0 Å². The van der Waals surface area contributed by atoms with Gasteiger partial charge in [0.25, 0.3) is 0 Å². The van der Waals surface area contributed by atoms with Crippen molar-refractivity contribution in [2.75, 3.05) is 14.2 Å². The third-order valence-corrected chi connectivity index (χ3v) is 5.40. The van der Waals surface area contributed by atoms with E-state index in [-0.39, 0.29) is 5.38 Å². The van der Waals surface area contributed by atoms with Crippen LogP contribution in [-0.2, 0) is 6.42 Å². The summed E-state index contributed by atoms with van der Waals surface area (Å²) in [6.07, 6.45) is 0.970. The number of benzene rings is 1. The highest BCUT2D eigenvalue weighted by molar-refractivity contribution is 9.10. The van der Waals surface area contributed by atoms with Crippen LogP contribution >= 0.6 is 38.9 Å². The first-order valence-electron chi connectivity index (χ1n) is 6.24. The molecule has 1 aromatic carbocycles. The first-order valence-corrected chi connectivity index (χ1v) is 8.35. The van der Waals surface area contributed by atoms with Crippen LogP contribution in [-0.4, -0.2) is 14.2 Å². The predicted octanol–water partition coefficient (Wildman–Crippen LogP) is 5.42. The van der Waals surface area contributed by atoms with Gasteiger partial charge >= 0.3 is 0 Å². The van der Waals surface area contributed by atoms with E-state index in [4.69, 9.17) is 21.1 Å². The minimum Gasteiger partial charge on any atom is -0.496 e. The Hall–Kier alpha value is -0.710. The normalized spacial score (nSPS) is 12.2. The molecule has 0 spiro atoms. The molecule has 0 bridgehead atoms. The molecular weight excluding hydrogens is 360 g/mol. The molecule has 1 heterocycles. The van der Waals surface area contributed by atoms with Crippen molar-refractivity contribution in [3.8, 4) is 11.5 Å². The highest BCUT2D eigenvalue weighted by atomic mass is 79.9. The van der Waals surface area contributed by atoms with E-state index in [1.54, 1.807) is 25.6 Å². The van der Waals surface area contributed by atoms with Crippen LogP contribution in [0, 0.1) is 0 Å². The largest absolute Gasteiger partial charge is 0.496 e. The SMILES string of the molecule is CCc1ccsc1C(Cl)c1cc(OC)c(Br)cc1OC. The van der Waals surface area contributed by atoms with Crippen molar-refractivity contribution >= 4 is 38.9 Å². The van der Waals surface area contributed by atoms with E-state index in [9.17, 15) is 0 Å². The number of rotatable bonds is 5. The summed E-state index contributed by atoms with van der Waals surface area (Å²) in [7, 11) is 3.29. The number of methoxy groups -OCH3 is 2. The minimum absolute atomic E-state index is 0.234. The van der Waals surface area contributed by atoms with Gasteiger partial charge in [-0.2, -0.15) is 0 Å². The van der Waals surface area contributed by atoms with Crippen LogP contribution in [0.2, 0.25) is 0 Å². The van der Waals surface area contributed by atoms with E-state index in [2.05, 4.69) is 34.3 Å². The Kier molecular flexibility index (Phi) is 5.35. The van der Waals surface area contributed by atoms with Crippen molar-refractivity contribution < 1.29 is 9.47 Å². The Morgan fingerprint density at radius 3 is 2.55 bits per heavy atom. The highest BCUT2D eigenvalue weighted by Gasteiger charge is 2.21. The standard InChI is InChI=1S/C15H16BrClO2S/c1-4-9-5-6-20-15(9)14(17)10-7-13(19-3)11(16)8-12(10)18-2/h5-8,14H,4H2,1-3H3. The van der Waals surface area contributed by atoms with Gasteiger partial charge in [-0.1, -0.05) is 6.92 Å². The molecule has 0 aliphatic heterocycles. The molecule has 0 amide bonds. The Morgan fingerprint density at radius 2 is 1.95 bits per heavy atom. The molecule has 1 unspecified atom stereocenters. The fourth-order valence-electron chi connectivity index (χ4n) is 2.09. The van der Waals surface area contributed by atoms with Crippen LogP contribution in [0.3, 0.4) is 0 Å². The Balaban J connectivity index is 2.50. The number of thiophene rings is 1. The van der Waals surface area contributed by atoms with E-state index < -0.39 is 0 Å². The van der Waals surface area contributed by atoms with Gasteiger partial charge in [0.1, 0.15) is 11.5 Å². The van der Waals surface area contributed by atoms with Crippen molar-refractivity contribution in [3.05, 3.63) is 44.1 Å². The Bertz CT molecular complexity index is 598. The summed E-state index contributed by atoms with van der Waals surface area (Å²) in [6.45, 7) is 2.13. The van der Waals surface area contributed by atoms with Crippen LogP contribution in [0.15, 0.2) is 28.1 Å². The first-order chi connectivity index (χ1) is 9.62. The molecule has 1 atom stereocenters. The molecule has 0 aliphatic rings. The van der Waals surface area contributed by atoms with Gasteiger partial charge in [-0.3, -0.25) is 0 Å². The van der Waals surface area contributed by atoms with Crippen LogP contribution < -0.4 is 9.47 Å². The zero-order valence-corrected chi connectivity index (χ0v) is 14.7. The van der Waals surface area contributed by atoms with Crippen molar-refractivity contribution in [2.24, 2.45) is 0 Å². The highest BCUT2D eigenvalue weighted by Crippen LogP contribution is 2.43. The lowest BCUT2D eigenvalue weighted by atomic mass is 10.1. The smallest absolute Gasteiger partial charge is 0.133 e. The molecule has 5 heteroatoms. The third kappa shape index (κ3) is 2.97. The third-order valence-electron chi connectivity index (χ3n) is 3.17. The molecule has 0 saturated carbocycles. The first kappa shape index (κ1) is 15.7. The molecule has 2 rings (SSSR count). The second kappa shape index (κ2) is 6.83. The van der Waals surface area contributed by atoms with Crippen LogP contribution in [0.4, 0.5) is 0 Å². The second-order valence-corrected chi connectivity index (χ2v) is 6.49. The van der Waals surface area contributed by atoms with Crippen LogP contribution in [0.1, 0.15) is 28.3 Å². The molecule has 0 fully saturated rings. The quantitative estimate of drug-likeness (QED) is 0.650. The topological polar surface area (TPSA) is 18.5 Å². The summed E-state index contributed by atoms with van der Waals surface area (Å²) in [5.74, 6) is 1.51. The van der Waals surface area contributed by atoms with Gasteiger partial charge in [0.05, 0.1) is 24.1 Å². The maximum atomic E-state index is 6.68. The monoisotopic (exact) mass is 374 g/mol.